The molecule has 0 unspecified atom stereocenters. The molecule has 0 radical (unpaired) electrons. The highest BCUT2D eigenvalue weighted by Crippen LogP contribution is 2.25. The van der Waals surface area contributed by atoms with Crippen molar-refractivity contribution in [1.29, 1.82) is 0 Å². The van der Waals surface area contributed by atoms with E-state index >= 15 is 0 Å². The number of aryl methyl sites for hydroxylation is 1. The lowest BCUT2D eigenvalue weighted by molar-refractivity contribution is -0.192. The average molecular weight is 520 g/mol. The first-order chi connectivity index (χ1) is 16.5. The Bertz CT molecular complexity index is 1120. The predicted molar refractivity (Wildman–Crippen MR) is 118 cm³/mol. The third kappa shape index (κ3) is 6.92. The molecule has 0 atom stereocenters. The quantitative estimate of drug-likeness (QED) is 0.640. The maximum atomic E-state index is 13.3. The van der Waals surface area contributed by atoms with E-state index in [-0.39, 0.29) is 4.90 Å². The molecule has 2 aliphatic rings. The molecule has 1 aromatic carbocycles. The number of likely N-dealkylation sites (tertiary alicyclic amines) is 1. The first kappa shape index (κ1) is 26.9. The van der Waals surface area contributed by atoms with E-state index in [1.807, 2.05) is 4.68 Å². The number of ether oxygens (including phenoxy) is 1. The number of carboxylic acid groups (broad SMARTS) is 1. The summed E-state index contributed by atoms with van der Waals surface area (Å²) in [5, 5.41) is 15.8. The standard InChI is InChI=1S/C19H27N5O3S.C2HF3O2/c1-27-16-7-5-8-17(13-16)28(25,26)23-11-6-12-24-19(15-23)18(20-21-24)14-22-9-3-2-4-10-22;3-2(4,5)1(6)7/h5,7-8,13H,2-4,6,9-12,14-15H2,1H3;(H,6,7). The van der Waals surface area contributed by atoms with Crippen LogP contribution in [0.2, 0.25) is 0 Å². The Morgan fingerprint density at radius 2 is 1.80 bits per heavy atom. The van der Waals surface area contributed by atoms with Crippen LogP contribution in [0.5, 0.6) is 5.75 Å². The van der Waals surface area contributed by atoms with Crippen LogP contribution in [-0.2, 0) is 34.5 Å². The largest absolute Gasteiger partial charge is 0.497 e. The summed E-state index contributed by atoms with van der Waals surface area (Å²) in [6.07, 6.45) is -0.676. The van der Waals surface area contributed by atoms with E-state index in [4.69, 9.17) is 14.6 Å². The number of carboxylic acids is 1. The first-order valence-electron chi connectivity index (χ1n) is 11.1. The highest BCUT2D eigenvalue weighted by molar-refractivity contribution is 7.89. The number of hydrogen-bond donors (Lipinski definition) is 1. The molecule has 1 N–H and O–H groups in total. The van der Waals surface area contributed by atoms with Gasteiger partial charge in [0.25, 0.3) is 0 Å². The van der Waals surface area contributed by atoms with Crippen LogP contribution in [0, 0.1) is 0 Å². The van der Waals surface area contributed by atoms with Crippen molar-refractivity contribution in [1.82, 2.24) is 24.2 Å². The number of methoxy groups -OCH3 is 1. The number of rotatable bonds is 5. The van der Waals surface area contributed by atoms with Crippen LogP contribution in [0.4, 0.5) is 13.2 Å². The summed E-state index contributed by atoms with van der Waals surface area (Å²) in [6.45, 7) is 4.33. The summed E-state index contributed by atoms with van der Waals surface area (Å²) in [5.74, 6) is -2.22. The van der Waals surface area contributed by atoms with E-state index in [2.05, 4.69) is 15.2 Å². The van der Waals surface area contributed by atoms with Gasteiger partial charge in [-0.3, -0.25) is 4.90 Å². The zero-order valence-electron chi connectivity index (χ0n) is 19.2. The average Bonchev–Trinajstić information content (AvgIpc) is 3.06. The summed E-state index contributed by atoms with van der Waals surface area (Å²) in [7, 11) is -2.08. The normalized spacial score (nSPS) is 17.6. The zero-order chi connectivity index (χ0) is 25.6. The van der Waals surface area contributed by atoms with Crippen LogP contribution in [0.25, 0.3) is 0 Å². The van der Waals surface area contributed by atoms with Gasteiger partial charge in [-0.15, -0.1) is 5.10 Å². The minimum absolute atomic E-state index is 0.255. The molecule has 0 bridgehead atoms. The second kappa shape index (κ2) is 11.4. The minimum Gasteiger partial charge on any atom is -0.497 e. The monoisotopic (exact) mass is 519 g/mol. The molecule has 2 aromatic rings. The summed E-state index contributed by atoms with van der Waals surface area (Å²) in [5.41, 5.74) is 1.81. The van der Waals surface area contributed by atoms with Crippen LogP contribution in [0.3, 0.4) is 0 Å². The molecule has 0 spiro atoms. The fraction of sp³-hybridized carbons (Fsp3) is 0.571. The Labute approximate surface area is 201 Å². The molecule has 3 heterocycles. The van der Waals surface area contributed by atoms with Gasteiger partial charge in [0.15, 0.2) is 0 Å². The Morgan fingerprint density at radius 3 is 2.43 bits per heavy atom. The van der Waals surface area contributed by atoms with Crippen molar-refractivity contribution in [3.05, 3.63) is 35.7 Å². The van der Waals surface area contributed by atoms with Crippen LogP contribution in [-0.4, -0.2) is 76.6 Å². The molecule has 0 saturated carbocycles. The number of halogens is 3. The summed E-state index contributed by atoms with van der Waals surface area (Å²) in [4.78, 5) is 11.5. The second-order valence-electron chi connectivity index (χ2n) is 8.22. The van der Waals surface area contributed by atoms with Gasteiger partial charge >= 0.3 is 12.1 Å². The highest BCUT2D eigenvalue weighted by Gasteiger charge is 2.38. The van der Waals surface area contributed by atoms with Crippen molar-refractivity contribution in [2.75, 3.05) is 26.7 Å². The second-order valence-corrected chi connectivity index (χ2v) is 10.2. The minimum atomic E-state index is -5.08. The number of benzene rings is 1. The molecule has 0 amide bonds. The predicted octanol–water partition coefficient (Wildman–Crippen LogP) is 2.50. The number of fused-ring (bicyclic) bond motifs is 1. The molecule has 1 saturated heterocycles. The molecule has 14 heteroatoms. The molecule has 35 heavy (non-hydrogen) atoms. The molecular weight excluding hydrogens is 491 g/mol. The van der Waals surface area contributed by atoms with Gasteiger partial charge in [0.2, 0.25) is 10.0 Å². The van der Waals surface area contributed by atoms with Gasteiger partial charge in [-0.2, -0.15) is 17.5 Å². The number of piperidine rings is 1. The third-order valence-corrected chi connectivity index (χ3v) is 7.61. The van der Waals surface area contributed by atoms with E-state index in [0.29, 0.717) is 31.8 Å². The van der Waals surface area contributed by atoms with E-state index in [1.54, 1.807) is 28.6 Å². The lowest BCUT2D eigenvalue weighted by Crippen LogP contribution is -2.32. The number of carbonyl (C=O) groups is 1. The molecular formula is C21H28F3N5O5S. The third-order valence-electron chi connectivity index (χ3n) is 5.77. The van der Waals surface area contributed by atoms with Crippen molar-refractivity contribution >= 4 is 16.0 Å². The molecule has 1 aromatic heterocycles. The Morgan fingerprint density at radius 1 is 1.11 bits per heavy atom. The molecule has 2 aliphatic heterocycles. The van der Waals surface area contributed by atoms with Crippen LogP contribution < -0.4 is 4.74 Å². The van der Waals surface area contributed by atoms with E-state index in [1.165, 1.54) is 26.4 Å². The number of aromatic nitrogens is 3. The fourth-order valence-electron chi connectivity index (χ4n) is 3.93. The van der Waals surface area contributed by atoms with Crippen LogP contribution in [0.1, 0.15) is 37.1 Å². The number of nitrogens with zero attached hydrogens (tertiary/aromatic N) is 5. The van der Waals surface area contributed by atoms with Crippen molar-refractivity contribution in [2.45, 2.75) is 56.4 Å². The number of hydrogen-bond acceptors (Lipinski definition) is 7. The summed E-state index contributed by atoms with van der Waals surface area (Å²) >= 11 is 0. The molecule has 1 fully saturated rings. The van der Waals surface area contributed by atoms with Crippen molar-refractivity contribution in [2.24, 2.45) is 0 Å². The van der Waals surface area contributed by atoms with E-state index in [9.17, 15) is 21.6 Å². The summed E-state index contributed by atoms with van der Waals surface area (Å²) < 4.78 is 66.9. The zero-order valence-corrected chi connectivity index (χ0v) is 20.1. The Hall–Kier alpha value is -2.71. The van der Waals surface area contributed by atoms with Gasteiger partial charge in [0.1, 0.15) is 11.4 Å². The lowest BCUT2D eigenvalue weighted by Gasteiger charge is -2.26. The van der Waals surface area contributed by atoms with Gasteiger partial charge in [0, 0.05) is 25.7 Å². The van der Waals surface area contributed by atoms with Gasteiger partial charge < -0.3 is 9.84 Å². The van der Waals surface area contributed by atoms with Crippen molar-refractivity contribution in [3.63, 3.8) is 0 Å². The van der Waals surface area contributed by atoms with Crippen LogP contribution >= 0.6 is 0 Å². The first-order valence-corrected chi connectivity index (χ1v) is 12.5. The number of alkyl halides is 3. The molecule has 4 rings (SSSR count). The van der Waals surface area contributed by atoms with Gasteiger partial charge in [0.05, 0.1) is 24.2 Å². The van der Waals surface area contributed by atoms with E-state index in [0.717, 1.165) is 31.0 Å². The van der Waals surface area contributed by atoms with E-state index < -0.39 is 22.2 Å². The Kier molecular flexibility index (Phi) is 8.72. The molecule has 10 nitrogen and oxygen atoms in total. The SMILES string of the molecule is COc1cccc(S(=O)(=O)N2CCCn3nnc(CN4CCCCC4)c3C2)c1.O=C(O)C(F)(F)F. The van der Waals surface area contributed by atoms with Gasteiger partial charge in [-0.25, -0.2) is 17.9 Å². The maximum Gasteiger partial charge on any atom is 0.490 e. The van der Waals surface area contributed by atoms with Crippen molar-refractivity contribution < 1.29 is 36.2 Å². The number of sulfonamides is 1. The van der Waals surface area contributed by atoms with Crippen molar-refractivity contribution in [3.8, 4) is 5.75 Å². The lowest BCUT2D eigenvalue weighted by atomic mass is 10.1. The topological polar surface area (TPSA) is 118 Å². The van der Waals surface area contributed by atoms with Crippen LogP contribution in [0.15, 0.2) is 29.2 Å². The summed E-state index contributed by atoms with van der Waals surface area (Å²) in [6, 6.07) is 6.64. The number of aliphatic carboxylic acids is 1. The highest BCUT2D eigenvalue weighted by atomic mass is 32.2. The molecule has 0 aliphatic carbocycles. The Balaban J connectivity index is 0.000000429. The smallest absolute Gasteiger partial charge is 0.490 e. The molecule has 194 valence electrons. The fourth-order valence-corrected chi connectivity index (χ4v) is 5.41. The van der Waals surface area contributed by atoms with Gasteiger partial charge in [-0.1, -0.05) is 17.7 Å². The van der Waals surface area contributed by atoms with Gasteiger partial charge in [-0.05, 0) is 44.5 Å². The maximum absolute atomic E-state index is 13.3.